The zero-order valence-corrected chi connectivity index (χ0v) is 21.4. The molecule has 8 heteroatoms. The number of hydrogen-bond acceptors (Lipinski definition) is 7. The van der Waals surface area contributed by atoms with E-state index >= 15 is 0 Å². The van der Waals surface area contributed by atoms with Crippen LogP contribution in [0.4, 0.5) is 11.4 Å². The monoisotopic (exact) mass is 510 g/mol. The third-order valence-electron chi connectivity index (χ3n) is 6.78. The van der Waals surface area contributed by atoms with Gasteiger partial charge in [-0.25, -0.2) is 4.79 Å². The first-order valence-electron chi connectivity index (χ1n) is 12.5. The summed E-state index contributed by atoms with van der Waals surface area (Å²) >= 11 is 0. The van der Waals surface area contributed by atoms with Gasteiger partial charge in [0.2, 0.25) is 0 Å². The van der Waals surface area contributed by atoms with Crippen LogP contribution in [0.2, 0.25) is 0 Å². The third kappa shape index (κ3) is 5.60. The molecule has 1 saturated heterocycles. The number of carbonyl (C=O) groups excluding carboxylic acids is 2. The van der Waals surface area contributed by atoms with Gasteiger partial charge in [-0.05, 0) is 54.4 Å². The van der Waals surface area contributed by atoms with E-state index in [0.717, 1.165) is 42.7 Å². The van der Waals surface area contributed by atoms with Crippen LogP contribution in [0.15, 0.2) is 79.1 Å². The summed E-state index contributed by atoms with van der Waals surface area (Å²) in [6.45, 7) is 2.63. The van der Waals surface area contributed by atoms with Gasteiger partial charge in [0.1, 0.15) is 5.75 Å². The molecule has 0 bridgehead atoms. The number of ether oxygens (including phenoxy) is 2. The predicted molar refractivity (Wildman–Crippen MR) is 148 cm³/mol. The lowest BCUT2D eigenvalue weighted by atomic mass is 10.1. The molecule has 2 heterocycles. The molecule has 1 amide bonds. The van der Waals surface area contributed by atoms with Crippen molar-refractivity contribution in [1.82, 2.24) is 9.88 Å². The zero-order chi connectivity index (χ0) is 26.5. The molecule has 5 rings (SSSR count). The smallest absolute Gasteiger partial charge is 0.337 e. The van der Waals surface area contributed by atoms with Crippen molar-refractivity contribution in [1.29, 1.82) is 0 Å². The van der Waals surface area contributed by atoms with E-state index < -0.39 is 5.97 Å². The normalized spacial score (nSPS) is 15.3. The van der Waals surface area contributed by atoms with E-state index in [-0.39, 0.29) is 5.91 Å². The zero-order valence-electron chi connectivity index (χ0n) is 21.4. The van der Waals surface area contributed by atoms with E-state index in [1.165, 1.54) is 18.6 Å². The highest BCUT2D eigenvalue weighted by Crippen LogP contribution is 2.29. The van der Waals surface area contributed by atoms with Gasteiger partial charge in [-0.1, -0.05) is 24.3 Å². The van der Waals surface area contributed by atoms with E-state index in [0.29, 0.717) is 28.6 Å². The second kappa shape index (κ2) is 11.3. The van der Waals surface area contributed by atoms with E-state index in [1.54, 1.807) is 25.3 Å². The van der Waals surface area contributed by atoms with Crippen LogP contribution in [-0.2, 0) is 11.3 Å². The van der Waals surface area contributed by atoms with E-state index in [1.807, 2.05) is 36.7 Å². The minimum absolute atomic E-state index is 0.318. The van der Waals surface area contributed by atoms with Gasteiger partial charge in [-0.2, -0.15) is 0 Å². The number of fused-ring (bicyclic) bond motifs is 1. The molecule has 1 aromatic heterocycles. The number of methoxy groups -OCH3 is 2. The summed E-state index contributed by atoms with van der Waals surface area (Å²) < 4.78 is 10.3. The van der Waals surface area contributed by atoms with Crippen molar-refractivity contribution in [2.75, 3.05) is 37.9 Å². The molecule has 4 aromatic rings. The molecular weight excluding hydrogens is 480 g/mol. The van der Waals surface area contributed by atoms with Crippen LogP contribution in [0.5, 0.6) is 5.75 Å². The largest absolute Gasteiger partial charge is 0.495 e. The maximum Gasteiger partial charge on any atom is 0.337 e. The highest BCUT2D eigenvalue weighted by Gasteiger charge is 2.23. The van der Waals surface area contributed by atoms with Crippen molar-refractivity contribution in [2.24, 2.45) is 0 Å². The Bertz CT molecular complexity index is 1470. The standard InChI is InChI=1S/C30H30N4O4/c1-37-28-10-9-20(15-27(28)33-29(35)21-5-3-6-22(16-21)30(36)38-2)18-34-14-12-24(19-34)32-26-8-4-7-23-17-31-13-11-25(23)26/h3-11,13,15-17,24,32H,12,14,18-19H2,1-2H3,(H,33,35). The molecule has 194 valence electrons. The topological polar surface area (TPSA) is 92.8 Å². The number of pyridine rings is 1. The molecule has 38 heavy (non-hydrogen) atoms. The average Bonchev–Trinajstić information content (AvgIpc) is 3.39. The van der Waals surface area contributed by atoms with Crippen molar-refractivity contribution in [2.45, 2.75) is 19.0 Å². The Labute approximate surface area is 221 Å². The highest BCUT2D eigenvalue weighted by atomic mass is 16.5. The maximum absolute atomic E-state index is 13.0. The van der Waals surface area contributed by atoms with Gasteiger partial charge in [0.25, 0.3) is 5.91 Å². The van der Waals surface area contributed by atoms with Crippen molar-refractivity contribution in [3.63, 3.8) is 0 Å². The fraction of sp³-hybridized carbons (Fsp3) is 0.233. The molecule has 0 aliphatic carbocycles. The lowest BCUT2D eigenvalue weighted by molar-refractivity contribution is 0.0600. The molecule has 1 aliphatic heterocycles. The number of esters is 1. The molecule has 1 atom stereocenters. The number of aromatic nitrogens is 1. The van der Waals surface area contributed by atoms with Crippen molar-refractivity contribution in [3.05, 3.63) is 95.8 Å². The quantitative estimate of drug-likeness (QED) is 0.323. The summed E-state index contributed by atoms with van der Waals surface area (Å²) in [5, 5.41) is 8.94. The van der Waals surface area contributed by atoms with E-state index in [9.17, 15) is 9.59 Å². The number of rotatable bonds is 8. The molecule has 1 unspecified atom stereocenters. The first kappa shape index (κ1) is 25.2. The molecule has 2 N–H and O–H groups in total. The number of anilines is 2. The SMILES string of the molecule is COC(=O)c1cccc(C(=O)Nc2cc(CN3CCC(Nc4cccc5cnccc45)C3)ccc2OC)c1. The van der Waals surface area contributed by atoms with E-state index in [2.05, 4.69) is 38.7 Å². The second-order valence-corrected chi connectivity index (χ2v) is 9.33. The molecule has 0 spiro atoms. The Morgan fingerprint density at radius 3 is 2.68 bits per heavy atom. The van der Waals surface area contributed by atoms with Gasteiger partial charge in [0, 0.05) is 60.1 Å². The minimum atomic E-state index is -0.491. The Morgan fingerprint density at radius 2 is 1.84 bits per heavy atom. The van der Waals surface area contributed by atoms with Gasteiger partial charge >= 0.3 is 5.97 Å². The maximum atomic E-state index is 13.0. The van der Waals surface area contributed by atoms with Gasteiger partial charge in [-0.15, -0.1) is 0 Å². The van der Waals surface area contributed by atoms with E-state index in [4.69, 9.17) is 9.47 Å². The molecule has 0 radical (unpaired) electrons. The Hall–Kier alpha value is -4.43. The number of carbonyl (C=O) groups is 2. The van der Waals surface area contributed by atoms with Crippen LogP contribution < -0.4 is 15.4 Å². The number of nitrogens with zero attached hydrogens (tertiary/aromatic N) is 2. The minimum Gasteiger partial charge on any atom is -0.495 e. The summed E-state index contributed by atoms with van der Waals surface area (Å²) in [5.41, 5.74) is 3.46. The summed E-state index contributed by atoms with van der Waals surface area (Å²) in [5.74, 6) is -0.255. The number of nitrogens with one attached hydrogen (secondary N) is 2. The number of likely N-dealkylation sites (tertiary alicyclic amines) is 1. The second-order valence-electron chi connectivity index (χ2n) is 9.33. The Kier molecular flexibility index (Phi) is 7.51. The fourth-order valence-corrected chi connectivity index (χ4v) is 4.87. The van der Waals surface area contributed by atoms with Crippen LogP contribution in [0, 0.1) is 0 Å². The first-order chi connectivity index (χ1) is 18.5. The third-order valence-corrected chi connectivity index (χ3v) is 6.78. The lowest BCUT2D eigenvalue weighted by Gasteiger charge is -2.19. The number of benzene rings is 3. The van der Waals surface area contributed by atoms with Crippen molar-refractivity contribution in [3.8, 4) is 5.75 Å². The average molecular weight is 511 g/mol. The molecule has 1 aliphatic rings. The van der Waals surface area contributed by atoms with Crippen LogP contribution in [0.3, 0.4) is 0 Å². The Morgan fingerprint density at radius 1 is 1.00 bits per heavy atom. The summed E-state index contributed by atoms with van der Waals surface area (Å²) in [4.78, 5) is 31.4. The van der Waals surface area contributed by atoms with Crippen LogP contribution in [0.25, 0.3) is 10.8 Å². The molecule has 0 saturated carbocycles. The lowest BCUT2D eigenvalue weighted by Crippen LogP contribution is -2.26. The number of amides is 1. The fourth-order valence-electron chi connectivity index (χ4n) is 4.87. The predicted octanol–water partition coefficient (Wildman–Crippen LogP) is 4.97. The van der Waals surface area contributed by atoms with Crippen LogP contribution in [0.1, 0.15) is 32.7 Å². The van der Waals surface area contributed by atoms with Gasteiger partial charge in [-0.3, -0.25) is 14.7 Å². The van der Waals surface area contributed by atoms with Crippen LogP contribution >= 0.6 is 0 Å². The van der Waals surface area contributed by atoms with Crippen LogP contribution in [-0.4, -0.2) is 55.1 Å². The number of hydrogen-bond donors (Lipinski definition) is 2. The Balaban J connectivity index is 1.25. The highest BCUT2D eigenvalue weighted by molar-refractivity contribution is 6.06. The first-order valence-corrected chi connectivity index (χ1v) is 12.5. The van der Waals surface area contributed by atoms with Crippen molar-refractivity contribution < 1.29 is 19.1 Å². The summed E-state index contributed by atoms with van der Waals surface area (Å²) in [6.07, 6.45) is 4.75. The van der Waals surface area contributed by atoms with Crippen molar-refractivity contribution >= 4 is 34.0 Å². The molecule has 1 fully saturated rings. The summed E-state index contributed by atoms with van der Waals surface area (Å²) in [7, 11) is 2.88. The van der Waals surface area contributed by atoms with Gasteiger partial charge < -0.3 is 20.1 Å². The van der Waals surface area contributed by atoms with Gasteiger partial charge in [0.15, 0.2) is 0 Å². The molecule has 8 nitrogen and oxygen atoms in total. The summed E-state index contributed by atoms with van der Waals surface area (Å²) in [6, 6.07) is 20.9. The molecular formula is C30H30N4O4. The molecule has 3 aromatic carbocycles. The van der Waals surface area contributed by atoms with Gasteiger partial charge in [0.05, 0.1) is 25.5 Å².